The molecule has 8 aliphatic heterocycles. The molecule has 0 unspecified atom stereocenters. The fourth-order valence-electron chi connectivity index (χ4n) is 21.7. The van der Waals surface area contributed by atoms with Crippen molar-refractivity contribution in [2.75, 3.05) is 0 Å². The number of hydrogen-bond donors (Lipinski definition) is 0. The predicted molar refractivity (Wildman–Crippen MR) is 601 cm³/mol. The van der Waals surface area contributed by atoms with Gasteiger partial charge in [0.2, 0.25) is 0 Å². The minimum absolute atomic E-state index is 0.0344. The van der Waals surface area contributed by atoms with Crippen LogP contribution in [0, 0.1) is 0 Å². The summed E-state index contributed by atoms with van der Waals surface area (Å²) in [7, 11) is 0. The highest BCUT2D eigenvalue weighted by molar-refractivity contribution is 8.27. The fraction of sp³-hybridized carbons (Fsp3) is 0. The summed E-state index contributed by atoms with van der Waals surface area (Å²) in [5, 5.41) is 14.3. The Labute approximate surface area is 843 Å². The van der Waals surface area contributed by atoms with Crippen LogP contribution in [0.1, 0.15) is 0 Å². The second-order valence-electron chi connectivity index (χ2n) is 36.3. The third-order valence-electron chi connectivity index (χ3n) is 28.1. The molecule has 0 radical (unpaired) electrons. The zero-order valence-electron chi connectivity index (χ0n) is 76.6. The van der Waals surface area contributed by atoms with Crippen molar-refractivity contribution in [2.45, 2.75) is 0 Å². The average molecular weight is 1950 g/mol. The van der Waals surface area contributed by atoms with Crippen LogP contribution in [0.5, 0.6) is 92.0 Å². The molecule has 0 aliphatic carbocycles. The first kappa shape index (κ1) is 85.9. The van der Waals surface area contributed by atoms with Gasteiger partial charge >= 0.3 is 0 Å². The van der Waals surface area contributed by atoms with E-state index in [4.69, 9.17) is 73.3 Å². The number of benzene rings is 22. The van der Waals surface area contributed by atoms with Gasteiger partial charge in [-0.3, -0.25) is 0 Å². The lowest BCUT2D eigenvalue weighted by Crippen LogP contribution is -2.57. The zero-order chi connectivity index (χ0) is 95.0. The molecule has 143 heavy (non-hydrogen) atoms. The van der Waals surface area contributed by atoms with Crippen LogP contribution in [-0.4, -0.2) is 6.71 Å². The summed E-state index contributed by atoms with van der Waals surface area (Å²) in [6, 6.07) is 161. The SMILES string of the molecule is S=P12c3cc(-c4ccccc4)ccc3Oc3cccc(c31)Oc1ccc(-c3ccccc3)cc12.S=P12c3ccc(-c4ccccc4)cc3Oc3cccc(c31)Oc1cc(-c3ccccc3)ccc12.S=P12c3cccc(-c4ccccc4)c3Oc3cccc(c31)Oc1c(-c3ccccc3)cccc12.c1ccc(-c2c3c(cc4ccccc24)B2c4cc5ccccc5c(-c5ccccc5)c4Oc4cccc(c42)O3)cc1. The summed E-state index contributed by atoms with van der Waals surface area (Å²) in [5.41, 5.74) is 21.5. The Morgan fingerprint density at radius 2 is 0.441 bits per heavy atom. The van der Waals surface area contributed by atoms with E-state index in [9.17, 15) is 0 Å². The quantitative estimate of drug-likeness (QED) is 0.108. The second-order valence-corrected chi connectivity index (χ2v) is 49.1. The Balaban J connectivity index is 0.0000000954. The van der Waals surface area contributed by atoms with Crippen LogP contribution in [0.15, 0.2) is 485 Å². The van der Waals surface area contributed by atoms with E-state index in [1.165, 1.54) is 32.5 Å². The van der Waals surface area contributed by atoms with E-state index in [-0.39, 0.29) is 6.71 Å². The van der Waals surface area contributed by atoms with Crippen LogP contribution in [0.2, 0.25) is 0 Å². The molecular formula is C128H80BO8P3S3. The molecule has 22 aromatic rings. The van der Waals surface area contributed by atoms with Crippen LogP contribution in [0.25, 0.3) is 111 Å². The Bertz CT molecular complexity index is 8630. The highest BCUT2D eigenvalue weighted by atomic mass is 32.4. The normalized spacial score (nSPS) is 13.7. The Hall–Kier alpha value is -16.2. The highest BCUT2D eigenvalue weighted by Gasteiger charge is 2.49. The number of hydrogen-bond acceptors (Lipinski definition) is 11. The highest BCUT2D eigenvalue weighted by Crippen LogP contribution is 2.64. The molecule has 0 fully saturated rings. The lowest BCUT2D eigenvalue weighted by Gasteiger charge is -2.38. The minimum Gasteiger partial charge on any atom is -0.458 e. The van der Waals surface area contributed by atoms with Crippen molar-refractivity contribution in [3.05, 3.63) is 485 Å². The van der Waals surface area contributed by atoms with Gasteiger partial charge in [0.25, 0.3) is 6.71 Å². The van der Waals surface area contributed by atoms with Crippen LogP contribution in [-0.2, 0) is 35.4 Å². The first-order chi connectivity index (χ1) is 70.5. The zero-order valence-corrected chi connectivity index (χ0v) is 81.7. The molecule has 676 valence electrons. The van der Waals surface area contributed by atoms with Crippen LogP contribution < -0.4 is 102 Å². The van der Waals surface area contributed by atoms with Crippen LogP contribution in [0.4, 0.5) is 0 Å². The monoisotopic (exact) mass is 1940 g/mol. The first-order valence-corrected chi connectivity index (χ1v) is 56.1. The van der Waals surface area contributed by atoms with E-state index in [0.717, 1.165) is 234 Å². The number of rotatable bonds is 8. The summed E-state index contributed by atoms with van der Waals surface area (Å²) in [4.78, 5) is 0. The summed E-state index contributed by atoms with van der Waals surface area (Å²) in [5.74, 6) is 13.4. The van der Waals surface area contributed by atoms with E-state index in [2.05, 4.69) is 388 Å². The molecular weight excluding hydrogens is 1870 g/mol. The molecule has 0 atom stereocenters. The molecule has 0 aromatic heterocycles. The van der Waals surface area contributed by atoms with Gasteiger partial charge in [0.05, 0.1) is 34.0 Å². The number of para-hydroxylation sites is 2. The second kappa shape index (κ2) is 34.9. The van der Waals surface area contributed by atoms with Gasteiger partial charge in [-0.25, -0.2) is 0 Å². The number of ether oxygens (including phenoxy) is 8. The van der Waals surface area contributed by atoms with Crippen molar-refractivity contribution in [1.82, 2.24) is 0 Å². The maximum absolute atomic E-state index is 6.86. The predicted octanol–water partition coefficient (Wildman–Crippen LogP) is 29.0. The van der Waals surface area contributed by atoms with Crippen molar-refractivity contribution in [2.24, 2.45) is 0 Å². The first-order valence-electron chi connectivity index (χ1n) is 47.7. The van der Waals surface area contributed by atoms with Crippen molar-refractivity contribution in [3.8, 4) is 181 Å². The lowest BCUT2D eigenvalue weighted by molar-refractivity contribution is 0.466. The Morgan fingerprint density at radius 3 is 0.804 bits per heavy atom. The van der Waals surface area contributed by atoms with Crippen molar-refractivity contribution < 1.29 is 37.9 Å². The van der Waals surface area contributed by atoms with Crippen molar-refractivity contribution in [3.63, 3.8) is 0 Å². The van der Waals surface area contributed by atoms with Crippen LogP contribution >= 0.6 is 18.1 Å². The molecule has 30 rings (SSSR count). The molecule has 0 N–H and O–H groups in total. The van der Waals surface area contributed by atoms with Gasteiger partial charge in [-0.2, -0.15) is 0 Å². The Morgan fingerprint density at radius 1 is 0.168 bits per heavy atom. The van der Waals surface area contributed by atoms with Gasteiger partial charge in [-0.1, -0.05) is 412 Å². The maximum atomic E-state index is 6.86. The van der Waals surface area contributed by atoms with Crippen LogP contribution in [0.3, 0.4) is 0 Å². The third-order valence-corrected chi connectivity index (χ3v) is 42.7. The topological polar surface area (TPSA) is 73.8 Å². The summed E-state index contributed by atoms with van der Waals surface area (Å²) in [6.07, 6.45) is 0. The molecule has 0 amide bonds. The van der Waals surface area contributed by atoms with Gasteiger partial charge in [0.1, 0.15) is 92.0 Å². The summed E-state index contributed by atoms with van der Waals surface area (Å²) >= 11 is 20.1. The molecule has 22 aromatic carbocycles. The number of fused-ring (bicyclic) bond motifs is 18. The molecule has 0 spiro atoms. The fourth-order valence-corrected chi connectivity index (χ4v) is 35.1. The minimum atomic E-state index is -2.43. The van der Waals surface area contributed by atoms with Gasteiger partial charge in [0, 0.05) is 59.5 Å². The molecule has 8 heterocycles. The largest absolute Gasteiger partial charge is 0.458 e. The van der Waals surface area contributed by atoms with Gasteiger partial charge < -0.3 is 37.9 Å². The average Bonchev–Trinajstić information content (AvgIpc) is 0.664. The van der Waals surface area contributed by atoms with E-state index < -0.39 is 18.1 Å². The Kier molecular flexibility index (Phi) is 21.0. The van der Waals surface area contributed by atoms with Gasteiger partial charge in [0.15, 0.2) is 0 Å². The van der Waals surface area contributed by atoms with E-state index in [1.807, 2.05) is 97.1 Å². The molecule has 8 aliphatic rings. The van der Waals surface area contributed by atoms with Gasteiger partial charge in [-0.15, -0.1) is 0 Å². The van der Waals surface area contributed by atoms with Crippen molar-refractivity contribution >= 4 is 146 Å². The molecule has 0 saturated carbocycles. The lowest BCUT2D eigenvalue weighted by atomic mass is 9.34. The molecule has 8 nitrogen and oxygen atoms in total. The summed E-state index contributed by atoms with van der Waals surface area (Å²) in [6.45, 7) is -0.0344. The van der Waals surface area contributed by atoms with E-state index in [0.29, 0.717) is 0 Å². The van der Waals surface area contributed by atoms with Crippen molar-refractivity contribution in [1.29, 1.82) is 0 Å². The standard InChI is InChI=1S/C38H23BO2.3C30H19O2PS/c1-3-12-24(13-4-1)34-28-18-9-7-16-26(28)22-30-37(34)40-32-20-11-21-33-36(32)39(30)31-23-27-17-8-10-19-29(27)35(38(31)41-33)25-14-5-2-6-15-25;34-33-26-18-7-14-22(20-10-3-1-4-11-20)28(26)31-24-16-9-17-25(30(24)33)32-29-23(15-8-19-27(29)33)21-12-5-2-6-13-21;34-33-28-18-22(20-8-3-1-4-9-20)14-16-24(28)31-26-12-7-13-27(30(26)33)32-25-17-15-23(19-29(25)33)21-10-5-2-6-11-21;34-33-28-16-14-22(20-8-3-1-4-9-20)18-26(28)31-24-12-7-13-25(30(24)33)32-27-19-23(15-17-29(27)33)21-10-5-2-6-11-21/h1-23H;3*1-19H. The maximum Gasteiger partial charge on any atom is 0.260 e. The molecule has 0 bridgehead atoms. The molecule has 0 saturated heterocycles. The summed E-state index contributed by atoms with van der Waals surface area (Å²) < 4.78 is 52.5. The smallest absolute Gasteiger partial charge is 0.260 e. The molecule has 15 heteroatoms. The van der Waals surface area contributed by atoms with Gasteiger partial charge in [-0.05, 0) is 208 Å². The van der Waals surface area contributed by atoms with E-state index in [1.54, 1.807) is 0 Å². The van der Waals surface area contributed by atoms with E-state index >= 15 is 0 Å². The third kappa shape index (κ3) is 14.2.